The van der Waals surface area contributed by atoms with Gasteiger partial charge >= 0.3 is 0 Å². The Balaban J connectivity index is 2.44. The van der Waals surface area contributed by atoms with Crippen LogP contribution in [0.5, 0.6) is 11.6 Å². The van der Waals surface area contributed by atoms with E-state index in [0.717, 1.165) is 22.4 Å². The zero-order chi connectivity index (χ0) is 14.0. The Bertz CT molecular complexity index is 609. The van der Waals surface area contributed by atoms with E-state index in [2.05, 4.69) is 41.3 Å². The van der Waals surface area contributed by atoms with E-state index >= 15 is 0 Å². The molecule has 0 aliphatic heterocycles. The van der Waals surface area contributed by atoms with Gasteiger partial charge in [0.05, 0.1) is 0 Å². The molecule has 4 heteroatoms. The number of nitrogens with one attached hydrogen (secondary N) is 1. The SMILES string of the molecule is CNc1ncc(C)c(Oc2c(C)ccc(C)c2C)n1. The number of hydrogen-bond acceptors (Lipinski definition) is 4. The largest absolute Gasteiger partial charge is 0.438 e. The zero-order valence-corrected chi connectivity index (χ0v) is 12.0. The molecule has 2 rings (SSSR count). The highest BCUT2D eigenvalue weighted by Gasteiger charge is 2.11. The summed E-state index contributed by atoms with van der Waals surface area (Å²) in [6.07, 6.45) is 1.76. The molecule has 0 amide bonds. The van der Waals surface area contributed by atoms with E-state index in [1.54, 1.807) is 13.2 Å². The Kier molecular flexibility index (Phi) is 3.69. The van der Waals surface area contributed by atoms with E-state index < -0.39 is 0 Å². The van der Waals surface area contributed by atoms with Crippen LogP contribution in [0.4, 0.5) is 5.95 Å². The van der Waals surface area contributed by atoms with E-state index in [1.165, 1.54) is 5.56 Å². The fourth-order valence-electron chi connectivity index (χ4n) is 1.83. The molecule has 4 nitrogen and oxygen atoms in total. The minimum atomic E-state index is 0.559. The van der Waals surface area contributed by atoms with Gasteiger partial charge in [-0.1, -0.05) is 12.1 Å². The second-order valence-electron chi connectivity index (χ2n) is 4.69. The summed E-state index contributed by atoms with van der Waals surface area (Å²) in [4.78, 5) is 8.51. The molecule has 100 valence electrons. The predicted molar refractivity (Wildman–Crippen MR) is 77.0 cm³/mol. The molecular formula is C15H19N3O. The van der Waals surface area contributed by atoms with Gasteiger partial charge in [-0.25, -0.2) is 4.98 Å². The van der Waals surface area contributed by atoms with Crippen molar-refractivity contribution < 1.29 is 4.74 Å². The summed E-state index contributed by atoms with van der Waals surface area (Å²) in [6, 6.07) is 4.16. The molecule has 0 fully saturated rings. The number of anilines is 1. The standard InChI is InChI=1S/C15H19N3O/c1-9-6-7-10(2)13(12(9)4)19-14-11(3)8-17-15(16-5)18-14/h6-8H,1-5H3,(H,16,17,18). The molecule has 0 atom stereocenters. The first-order valence-corrected chi connectivity index (χ1v) is 6.29. The summed E-state index contributed by atoms with van der Waals surface area (Å²) in [7, 11) is 1.79. The number of aromatic nitrogens is 2. The highest BCUT2D eigenvalue weighted by molar-refractivity contribution is 5.47. The van der Waals surface area contributed by atoms with Crippen LogP contribution in [-0.4, -0.2) is 17.0 Å². The minimum absolute atomic E-state index is 0.559. The quantitative estimate of drug-likeness (QED) is 0.913. The molecular weight excluding hydrogens is 238 g/mol. The van der Waals surface area contributed by atoms with Crippen LogP contribution in [0.3, 0.4) is 0 Å². The van der Waals surface area contributed by atoms with Crippen molar-refractivity contribution in [3.63, 3.8) is 0 Å². The monoisotopic (exact) mass is 257 g/mol. The molecule has 1 aromatic heterocycles. The first-order valence-electron chi connectivity index (χ1n) is 6.29. The Morgan fingerprint density at radius 1 is 1.00 bits per heavy atom. The maximum Gasteiger partial charge on any atom is 0.226 e. The van der Waals surface area contributed by atoms with Crippen LogP contribution >= 0.6 is 0 Å². The maximum absolute atomic E-state index is 6.00. The van der Waals surface area contributed by atoms with E-state index in [4.69, 9.17) is 4.74 Å². The van der Waals surface area contributed by atoms with Crippen molar-refractivity contribution in [1.29, 1.82) is 0 Å². The van der Waals surface area contributed by atoms with E-state index in [-0.39, 0.29) is 0 Å². The van der Waals surface area contributed by atoms with Crippen molar-refractivity contribution in [2.24, 2.45) is 0 Å². The van der Waals surface area contributed by atoms with Gasteiger partial charge in [0, 0.05) is 18.8 Å². The van der Waals surface area contributed by atoms with Crippen LogP contribution in [0, 0.1) is 27.7 Å². The first kappa shape index (κ1) is 13.3. The third kappa shape index (κ3) is 2.67. The van der Waals surface area contributed by atoms with Crippen molar-refractivity contribution in [2.75, 3.05) is 12.4 Å². The molecule has 0 saturated carbocycles. The van der Waals surface area contributed by atoms with Crippen molar-refractivity contribution in [1.82, 2.24) is 9.97 Å². The van der Waals surface area contributed by atoms with Crippen LogP contribution in [0.1, 0.15) is 22.3 Å². The van der Waals surface area contributed by atoms with Gasteiger partial charge in [0.25, 0.3) is 0 Å². The highest BCUT2D eigenvalue weighted by atomic mass is 16.5. The van der Waals surface area contributed by atoms with Crippen LogP contribution in [-0.2, 0) is 0 Å². The third-order valence-electron chi connectivity index (χ3n) is 3.22. The van der Waals surface area contributed by atoms with Crippen molar-refractivity contribution in [3.8, 4) is 11.6 Å². The zero-order valence-electron chi connectivity index (χ0n) is 12.0. The summed E-state index contributed by atoms with van der Waals surface area (Å²) in [5, 5.41) is 2.92. The van der Waals surface area contributed by atoms with E-state index in [0.29, 0.717) is 11.8 Å². The lowest BCUT2D eigenvalue weighted by Crippen LogP contribution is -2.01. The number of aryl methyl sites for hydroxylation is 3. The molecule has 1 aromatic carbocycles. The maximum atomic E-state index is 6.00. The molecule has 2 aromatic rings. The molecule has 1 N–H and O–H groups in total. The molecule has 0 saturated heterocycles. The molecule has 0 unspecified atom stereocenters. The normalized spacial score (nSPS) is 10.4. The van der Waals surface area contributed by atoms with E-state index in [1.807, 2.05) is 13.8 Å². The number of rotatable bonds is 3. The lowest BCUT2D eigenvalue weighted by atomic mass is 10.1. The van der Waals surface area contributed by atoms with Crippen LogP contribution in [0.15, 0.2) is 18.3 Å². The molecule has 0 spiro atoms. The smallest absolute Gasteiger partial charge is 0.226 e. The van der Waals surface area contributed by atoms with Crippen LogP contribution < -0.4 is 10.1 Å². The minimum Gasteiger partial charge on any atom is -0.438 e. The number of hydrogen-bond donors (Lipinski definition) is 1. The molecule has 0 radical (unpaired) electrons. The molecule has 0 aliphatic rings. The molecule has 0 bridgehead atoms. The number of ether oxygens (including phenoxy) is 1. The van der Waals surface area contributed by atoms with Crippen molar-refractivity contribution in [2.45, 2.75) is 27.7 Å². The Labute approximate surface area is 113 Å². The topological polar surface area (TPSA) is 47.0 Å². The summed E-state index contributed by atoms with van der Waals surface area (Å²) < 4.78 is 6.00. The number of benzene rings is 1. The van der Waals surface area contributed by atoms with Gasteiger partial charge in [-0.05, 0) is 44.4 Å². The predicted octanol–water partition coefficient (Wildman–Crippen LogP) is 3.54. The fraction of sp³-hybridized carbons (Fsp3) is 0.333. The number of nitrogens with zero attached hydrogens (tertiary/aromatic N) is 2. The van der Waals surface area contributed by atoms with Gasteiger partial charge in [-0.15, -0.1) is 0 Å². The molecule has 0 aliphatic carbocycles. The second-order valence-corrected chi connectivity index (χ2v) is 4.69. The van der Waals surface area contributed by atoms with Gasteiger partial charge in [-0.2, -0.15) is 4.98 Å². The van der Waals surface area contributed by atoms with Gasteiger partial charge in [0.15, 0.2) is 0 Å². The van der Waals surface area contributed by atoms with Crippen molar-refractivity contribution in [3.05, 3.63) is 40.6 Å². The Morgan fingerprint density at radius 2 is 1.68 bits per heavy atom. The lowest BCUT2D eigenvalue weighted by molar-refractivity contribution is 0.451. The second kappa shape index (κ2) is 5.26. The summed E-state index contributed by atoms with van der Waals surface area (Å²) in [6.45, 7) is 8.12. The summed E-state index contributed by atoms with van der Waals surface area (Å²) in [5.41, 5.74) is 4.37. The lowest BCUT2D eigenvalue weighted by Gasteiger charge is -2.14. The Hall–Kier alpha value is -2.10. The fourth-order valence-corrected chi connectivity index (χ4v) is 1.83. The first-order chi connectivity index (χ1) is 9.02. The van der Waals surface area contributed by atoms with Crippen LogP contribution in [0.2, 0.25) is 0 Å². The van der Waals surface area contributed by atoms with Gasteiger partial charge < -0.3 is 10.1 Å². The molecule has 1 heterocycles. The third-order valence-corrected chi connectivity index (χ3v) is 3.22. The van der Waals surface area contributed by atoms with Gasteiger partial charge in [0.1, 0.15) is 5.75 Å². The average molecular weight is 257 g/mol. The van der Waals surface area contributed by atoms with Gasteiger partial charge in [-0.3, -0.25) is 0 Å². The van der Waals surface area contributed by atoms with E-state index in [9.17, 15) is 0 Å². The average Bonchev–Trinajstić information content (AvgIpc) is 2.41. The highest BCUT2D eigenvalue weighted by Crippen LogP contribution is 2.31. The Morgan fingerprint density at radius 3 is 2.37 bits per heavy atom. The summed E-state index contributed by atoms with van der Waals surface area (Å²) in [5.74, 6) is 2.03. The summed E-state index contributed by atoms with van der Waals surface area (Å²) >= 11 is 0. The van der Waals surface area contributed by atoms with Gasteiger partial charge in [0.2, 0.25) is 11.8 Å². The van der Waals surface area contributed by atoms with Crippen LogP contribution in [0.25, 0.3) is 0 Å². The molecule has 19 heavy (non-hydrogen) atoms. The van der Waals surface area contributed by atoms with Crippen molar-refractivity contribution >= 4 is 5.95 Å².